The molecule has 0 saturated carbocycles. The van der Waals surface area contributed by atoms with Crippen LogP contribution in [0, 0.1) is 11.3 Å². The van der Waals surface area contributed by atoms with Crippen LogP contribution in [0.5, 0.6) is 0 Å². The van der Waals surface area contributed by atoms with Crippen molar-refractivity contribution in [3.05, 3.63) is 41.6 Å². The molecule has 2 N–H and O–H groups in total. The lowest BCUT2D eigenvalue weighted by atomic mass is 10.1. The van der Waals surface area contributed by atoms with E-state index in [1.807, 2.05) is 13.0 Å². The third-order valence-corrected chi connectivity index (χ3v) is 2.97. The van der Waals surface area contributed by atoms with Crippen molar-refractivity contribution >= 4 is 17.4 Å². The topological polar surface area (TPSA) is 91.2 Å². The highest BCUT2D eigenvalue weighted by molar-refractivity contribution is 5.97. The molecular weight excluding hydrogens is 294 g/mol. The standard InChI is InChI=1S/C17H21N3O3/c1-3-23-9-5-8-19-17(22)15(11-18)12-20-16-7-4-6-14(10-16)13(2)21/h4,6-7,10,12,20H,3,5,8-9H2,1-2H3,(H,19,22)/b15-12-. The van der Waals surface area contributed by atoms with E-state index in [4.69, 9.17) is 10.00 Å². The summed E-state index contributed by atoms with van der Waals surface area (Å²) in [4.78, 5) is 23.2. The van der Waals surface area contributed by atoms with Crippen molar-refractivity contribution < 1.29 is 14.3 Å². The molecule has 0 radical (unpaired) electrons. The lowest BCUT2D eigenvalue weighted by Crippen LogP contribution is -2.26. The number of benzene rings is 1. The fourth-order valence-corrected chi connectivity index (χ4v) is 1.75. The smallest absolute Gasteiger partial charge is 0.263 e. The molecule has 1 rings (SSSR count). The number of ether oxygens (including phenoxy) is 1. The third-order valence-electron chi connectivity index (χ3n) is 2.97. The second-order valence-corrected chi connectivity index (χ2v) is 4.76. The first-order valence-electron chi connectivity index (χ1n) is 7.42. The summed E-state index contributed by atoms with van der Waals surface area (Å²) >= 11 is 0. The Kier molecular flexibility index (Phi) is 8.11. The van der Waals surface area contributed by atoms with E-state index in [1.165, 1.54) is 13.1 Å². The average Bonchev–Trinajstić information content (AvgIpc) is 2.55. The molecule has 0 aromatic heterocycles. The Morgan fingerprint density at radius 3 is 2.83 bits per heavy atom. The van der Waals surface area contributed by atoms with E-state index in [9.17, 15) is 9.59 Å². The Morgan fingerprint density at radius 2 is 2.17 bits per heavy atom. The normalized spacial score (nSPS) is 10.7. The Balaban J connectivity index is 2.58. The second kappa shape index (κ2) is 10.1. The van der Waals surface area contributed by atoms with Gasteiger partial charge in [-0.05, 0) is 32.4 Å². The van der Waals surface area contributed by atoms with Gasteiger partial charge < -0.3 is 15.4 Å². The summed E-state index contributed by atoms with van der Waals surface area (Å²) < 4.78 is 5.17. The fraction of sp³-hybridized carbons (Fsp3) is 0.353. The summed E-state index contributed by atoms with van der Waals surface area (Å²) in [5.74, 6) is -0.496. The molecule has 0 atom stereocenters. The van der Waals surface area contributed by atoms with Crippen LogP contribution in [-0.4, -0.2) is 31.4 Å². The molecule has 0 bridgehead atoms. The maximum absolute atomic E-state index is 11.9. The highest BCUT2D eigenvalue weighted by Gasteiger charge is 2.08. The molecular formula is C17H21N3O3. The molecule has 0 heterocycles. The van der Waals surface area contributed by atoms with Crippen molar-refractivity contribution in [2.45, 2.75) is 20.3 Å². The molecule has 1 aromatic rings. The van der Waals surface area contributed by atoms with Crippen LogP contribution in [0.25, 0.3) is 0 Å². The molecule has 23 heavy (non-hydrogen) atoms. The zero-order valence-electron chi connectivity index (χ0n) is 13.4. The summed E-state index contributed by atoms with van der Waals surface area (Å²) in [6.45, 7) is 5.03. The van der Waals surface area contributed by atoms with Crippen LogP contribution >= 0.6 is 0 Å². The van der Waals surface area contributed by atoms with Crippen molar-refractivity contribution in [1.82, 2.24) is 5.32 Å². The van der Waals surface area contributed by atoms with Gasteiger partial charge in [-0.1, -0.05) is 12.1 Å². The number of nitriles is 1. The first-order valence-corrected chi connectivity index (χ1v) is 7.42. The van der Waals surface area contributed by atoms with E-state index in [2.05, 4.69) is 10.6 Å². The number of rotatable bonds is 9. The molecule has 6 heteroatoms. The molecule has 122 valence electrons. The molecule has 1 aromatic carbocycles. The lowest BCUT2D eigenvalue weighted by molar-refractivity contribution is -0.117. The van der Waals surface area contributed by atoms with Crippen LogP contribution in [0.15, 0.2) is 36.0 Å². The van der Waals surface area contributed by atoms with Gasteiger partial charge in [0.25, 0.3) is 5.91 Å². The SMILES string of the molecule is CCOCCCNC(=O)/C(C#N)=C\Nc1cccc(C(C)=O)c1. The minimum atomic E-state index is -0.445. The van der Waals surface area contributed by atoms with Crippen LogP contribution in [0.3, 0.4) is 0 Å². The zero-order chi connectivity index (χ0) is 17.1. The number of hydrogen-bond acceptors (Lipinski definition) is 5. The quantitative estimate of drug-likeness (QED) is 0.316. The number of ketones is 1. The van der Waals surface area contributed by atoms with E-state index < -0.39 is 5.91 Å². The minimum Gasteiger partial charge on any atom is -0.382 e. The number of anilines is 1. The second-order valence-electron chi connectivity index (χ2n) is 4.76. The molecule has 0 spiro atoms. The van der Waals surface area contributed by atoms with E-state index >= 15 is 0 Å². The maximum atomic E-state index is 11.9. The van der Waals surface area contributed by atoms with E-state index in [0.29, 0.717) is 37.4 Å². The fourth-order valence-electron chi connectivity index (χ4n) is 1.75. The molecule has 0 unspecified atom stereocenters. The Bertz CT molecular complexity index is 618. The Morgan fingerprint density at radius 1 is 1.39 bits per heavy atom. The number of nitrogens with zero attached hydrogens (tertiary/aromatic N) is 1. The van der Waals surface area contributed by atoms with Gasteiger partial charge in [-0.15, -0.1) is 0 Å². The minimum absolute atomic E-state index is 0.0327. The average molecular weight is 315 g/mol. The molecule has 0 aliphatic rings. The predicted molar refractivity (Wildman–Crippen MR) is 87.9 cm³/mol. The summed E-state index contributed by atoms with van der Waals surface area (Å²) in [5.41, 5.74) is 1.16. The molecule has 0 saturated heterocycles. The number of Topliss-reactive ketones (excluding diaryl/α,β-unsaturated/α-hetero) is 1. The lowest BCUT2D eigenvalue weighted by Gasteiger charge is -2.06. The molecule has 0 fully saturated rings. The Labute approximate surface area is 136 Å². The molecule has 6 nitrogen and oxygen atoms in total. The van der Waals surface area contributed by atoms with Gasteiger partial charge in [0.15, 0.2) is 5.78 Å². The number of carbonyl (C=O) groups is 2. The van der Waals surface area contributed by atoms with Gasteiger partial charge in [-0.25, -0.2) is 0 Å². The monoisotopic (exact) mass is 315 g/mol. The summed E-state index contributed by atoms with van der Waals surface area (Å²) in [6.07, 6.45) is 2.02. The van der Waals surface area contributed by atoms with Crippen LogP contribution in [-0.2, 0) is 9.53 Å². The molecule has 0 aliphatic heterocycles. The molecule has 0 aliphatic carbocycles. The van der Waals surface area contributed by atoms with Crippen LogP contribution in [0.1, 0.15) is 30.6 Å². The van der Waals surface area contributed by atoms with Crippen molar-refractivity contribution in [3.63, 3.8) is 0 Å². The predicted octanol–water partition coefficient (Wildman–Crippen LogP) is 2.25. The van der Waals surface area contributed by atoms with Gasteiger partial charge in [0.2, 0.25) is 0 Å². The Hall–Kier alpha value is -2.65. The summed E-state index contributed by atoms with van der Waals surface area (Å²) in [7, 11) is 0. The van der Waals surface area contributed by atoms with Crippen molar-refractivity contribution in [2.75, 3.05) is 25.1 Å². The van der Waals surface area contributed by atoms with Gasteiger partial charge in [-0.3, -0.25) is 9.59 Å². The highest BCUT2D eigenvalue weighted by Crippen LogP contribution is 2.11. The van der Waals surface area contributed by atoms with Crippen LogP contribution in [0.2, 0.25) is 0 Å². The van der Waals surface area contributed by atoms with Gasteiger partial charge >= 0.3 is 0 Å². The van der Waals surface area contributed by atoms with E-state index in [-0.39, 0.29) is 11.4 Å². The number of amides is 1. The van der Waals surface area contributed by atoms with E-state index in [1.54, 1.807) is 24.3 Å². The van der Waals surface area contributed by atoms with Gasteiger partial charge in [0.1, 0.15) is 11.6 Å². The highest BCUT2D eigenvalue weighted by atomic mass is 16.5. The van der Waals surface area contributed by atoms with Gasteiger partial charge in [-0.2, -0.15) is 5.26 Å². The molecule has 1 amide bonds. The number of nitrogens with one attached hydrogen (secondary N) is 2. The number of carbonyl (C=O) groups excluding carboxylic acids is 2. The first kappa shape index (κ1) is 18.4. The largest absolute Gasteiger partial charge is 0.382 e. The van der Waals surface area contributed by atoms with Gasteiger partial charge in [0.05, 0.1) is 0 Å². The third kappa shape index (κ3) is 6.76. The van der Waals surface area contributed by atoms with Crippen LogP contribution < -0.4 is 10.6 Å². The maximum Gasteiger partial charge on any atom is 0.263 e. The zero-order valence-corrected chi connectivity index (χ0v) is 13.4. The summed E-state index contributed by atoms with van der Waals surface area (Å²) in [6, 6.07) is 8.69. The van der Waals surface area contributed by atoms with Crippen molar-refractivity contribution in [3.8, 4) is 6.07 Å². The van der Waals surface area contributed by atoms with Gasteiger partial charge in [0, 0.05) is 37.2 Å². The first-order chi connectivity index (χ1) is 11.1. The van der Waals surface area contributed by atoms with Crippen LogP contribution in [0.4, 0.5) is 5.69 Å². The number of hydrogen-bond donors (Lipinski definition) is 2. The summed E-state index contributed by atoms with van der Waals surface area (Å²) in [5, 5.41) is 14.6. The van der Waals surface area contributed by atoms with Crippen molar-refractivity contribution in [1.29, 1.82) is 5.26 Å². The van der Waals surface area contributed by atoms with Crippen molar-refractivity contribution in [2.24, 2.45) is 0 Å². The van der Waals surface area contributed by atoms with E-state index in [0.717, 1.165) is 0 Å².